The molecule has 0 bridgehead atoms. The van der Waals surface area contributed by atoms with Gasteiger partial charge in [0.15, 0.2) is 11.0 Å². The van der Waals surface area contributed by atoms with Crippen molar-refractivity contribution in [2.24, 2.45) is 0 Å². The van der Waals surface area contributed by atoms with Gasteiger partial charge in [0.05, 0.1) is 12.9 Å². The number of thioether (sulfide) groups is 1. The number of para-hydroxylation sites is 1. The minimum Gasteiger partial charge on any atom is -0.497 e. The number of amides is 1. The first-order valence-electron chi connectivity index (χ1n) is 11.1. The number of benzene rings is 2. The van der Waals surface area contributed by atoms with Crippen LogP contribution in [0.5, 0.6) is 5.75 Å². The van der Waals surface area contributed by atoms with Gasteiger partial charge >= 0.3 is 0 Å². The zero-order chi connectivity index (χ0) is 23.9. The fraction of sp³-hybridized carbons (Fsp3) is 0.231. The predicted molar refractivity (Wildman–Crippen MR) is 136 cm³/mol. The number of methoxy groups -OCH3 is 1. The Balaban J connectivity index is 1.58. The van der Waals surface area contributed by atoms with Crippen molar-refractivity contribution in [3.63, 3.8) is 0 Å². The highest BCUT2D eigenvalue weighted by Gasteiger charge is 2.18. The highest BCUT2D eigenvalue weighted by atomic mass is 32.2. The lowest BCUT2D eigenvalue weighted by molar-refractivity contribution is -0.113. The Hall–Kier alpha value is -3.65. The van der Waals surface area contributed by atoms with Crippen molar-refractivity contribution < 1.29 is 9.53 Å². The largest absolute Gasteiger partial charge is 0.497 e. The number of pyridine rings is 1. The van der Waals surface area contributed by atoms with Crippen LogP contribution in [0.2, 0.25) is 0 Å². The lowest BCUT2D eigenvalue weighted by Gasteiger charge is -2.15. The first-order valence-corrected chi connectivity index (χ1v) is 12.1. The Bertz CT molecular complexity index is 1240. The predicted octanol–water partition coefficient (Wildman–Crippen LogP) is 5.58. The van der Waals surface area contributed by atoms with E-state index in [4.69, 9.17) is 4.74 Å². The van der Waals surface area contributed by atoms with Crippen LogP contribution in [0.3, 0.4) is 0 Å². The SMILES string of the molecule is CCC(C)c1ccccc1NC(=O)CSc1nnc(-c2ccncc2)n1-c1ccc(OC)cc1. The molecule has 4 aromatic rings. The molecule has 1 N–H and O–H groups in total. The number of hydrogen-bond donors (Lipinski definition) is 1. The number of aromatic nitrogens is 4. The molecule has 8 heteroatoms. The van der Waals surface area contributed by atoms with Gasteiger partial charge in [0.2, 0.25) is 5.91 Å². The van der Waals surface area contributed by atoms with Gasteiger partial charge in [-0.1, -0.05) is 43.8 Å². The summed E-state index contributed by atoms with van der Waals surface area (Å²) in [5.41, 5.74) is 3.76. The van der Waals surface area contributed by atoms with Gasteiger partial charge in [0.1, 0.15) is 5.75 Å². The van der Waals surface area contributed by atoms with Gasteiger partial charge in [-0.15, -0.1) is 10.2 Å². The molecule has 0 spiro atoms. The fourth-order valence-corrected chi connectivity index (χ4v) is 4.34. The molecule has 4 rings (SSSR count). The number of nitrogens with zero attached hydrogens (tertiary/aromatic N) is 4. The topological polar surface area (TPSA) is 81.9 Å². The summed E-state index contributed by atoms with van der Waals surface area (Å²) in [6.07, 6.45) is 4.44. The van der Waals surface area contributed by atoms with Gasteiger partial charge in [0.25, 0.3) is 0 Å². The number of carbonyl (C=O) groups is 1. The summed E-state index contributed by atoms with van der Waals surface area (Å²) in [4.78, 5) is 16.9. The normalized spacial score (nSPS) is 11.7. The van der Waals surface area contributed by atoms with Crippen LogP contribution in [0.4, 0.5) is 5.69 Å². The standard InChI is InChI=1S/C26H27N5O2S/c1-4-18(2)22-7-5-6-8-23(22)28-24(32)17-34-26-30-29-25(19-13-15-27-16-14-19)31(26)20-9-11-21(33-3)12-10-20/h5-16,18H,4,17H2,1-3H3,(H,28,32). The van der Waals surface area contributed by atoms with E-state index in [-0.39, 0.29) is 11.7 Å². The van der Waals surface area contributed by atoms with Crippen molar-refractivity contribution in [1.82, 2.24) is 19.7 Å². The molecule has 0 saturated heterocycles. The molecule has 2 heterocycles. The minimum atomic E-state index is -0.0875. The van der Waals surface area contributed by atoms with Crippen molar-refractivity contribution in [1.29, 1.82) is 0 Å². The molecule has 1 amide bonds. The van der Waals surface area contributed by atoms with E-state index in [9.17, 15) is 4.79 Å². The first kappa shape index (κ1) is 23.5. The van der Waals surface area contributed by atoms with Crippen LogP contribution in [0.25, 0.3) is 17.1 Å². The quantitative estimate of drug-likeness (QED) is 0.320. The number of carbonyl (C=O) groups excluding carboxylic acids is 1. The molecule has 174 valence electrons. The second-order valence-electron chi connectivity index (χ2n) is 7.81. The second-order valence-corrected chi connectivity index (χ2v) is 8.75. The maximum Gasteiger partial charge on any atom is 0.234 e. The van der Waals surface area contributed by atoms with E-state index in [1.165, 1.54) is 11.8 Å². The van der Waals surface area contributed by atoms with Gasteiger partial charge < -0.3 is 10.1 Å². The third kappa shape index (κ3) is 5.28. The summed E-state index contributed by atoms with van der Waals surface area (Å²) in [7, 11) is 1.63. The molecule has 2 aromatic heterocycles. The van der Waals surface area contributed by atoms with Crippen LogP contribution in [0.15, 0.2) is 78.2 Å². The first-order chi connectivity index (χ1) is 16.6. The number of nitrogens with one attached hydrogen (secondary N) is 1. The van der Waals surface area contributed by atoms with E-state index in [0.717, 1.165) is 34.7 Å². The molecular formula is C26H27N5O2S. The molecule has 34 heavy (non-hydrogen) atoms. The summed E-state index contributed by atoms with van der Waals surface area (Å²) in [5.74, 6) is 1.92. The van der Waals surface area contributed by atoms with Crippen LogP contribution in [-0.2, 0) is 4.79 Å². The van der Waals surface area contributed by atoms with Crippen LogP contribution >= 0.6 is 11.8 Å². The van der Waals surface area contributed by atoms with Crippen molar-refractivity contribution in [2.75, 3.05) is 18.2 Å². The number of ether oxygens (including phenoxy) is 1. The summed E-state index contributed by atoms with van der Waals surface area (Å²) in [6.45, 7) is 4.31. The van der Waals surface area contributed by atoms with Gasteiger partial charge in [-0.3, -0.25) is 14.3 Å². The molecule has 7 nitrogen and oxygen atoms in total. The van der Waals surface area contributed by atoms with Crippen LogP contribution in [0.1, 0.15) is 31.7 Å². The maximum absolute atomic E-state index is 12.8. The fourth-order valence-electron chi connectivity index (χ4n) is 3.59. The zero-order valence-corrected chi connectivity index (χ0v) is 20.2. The Morgan fingerprint density at radius 2 is 1.79 bits per heavy atom. The molecule has 1 atom stereocenters. The smallest absolute Gasteiger partial charge is 0.234 e. The molecule has 0 aliphatic heterocycles. The number of rotatable bonds is 9. The highest BCUT2D eigenvalue weighted by molar-refractivity contribution is 7.99. The van der Waals surface area contributed by atoms with Crippen molar-refractivity contribution in [3.8, 4) is 22.8 Å². The molecule has 2 aromatic carbocycles. The molecule has 0 fully saturated rings. The summed E-state index contributed by atoms with van der Waals surface area (Å²) < 4.78 is 7.24. The van der Waals surface area contributed by atoms with E-state index in [0.29, 0.717) is 16.9 Å². The molecule has 0 radical (unpaired) electrons. The van der Waals surface area contributed by atoms with Gasteiger partial charge in [-0.05, 0) is 60.4 Å². The third-order valence-electron chi connectivity index (χ3n) is 5.61. The third-order valence-corrected chi connectivity index (χ3v) is 6.54. The molecule has 0 saturated carbocycles. The van der Waals surface area contributed by atoms with Crippen LogP contribution in [-0.4, -0.2) is 38.5 Å². The monoisotopic (exact) mass is 473 g/mol. The summed E-state index contributed by atoms with van der Waals surface area (Å²) in [6, 6.07) is 19.4. The van der Waals surface area contributed by atoms with Gasteiger partial charge in [-0.25, -0.2) is 0 Å². The maximum atomic E-state index is 12.8. The van der Waals surface area contributed by atoms with Crippen molar-refractivity contribution in [2.45, 2.75) is 31.3 Å². The van der Waals surface area contributed by atoms with E-state index >= 15 is 0 Å². The average molecular weight is 474 g/mol. The zero-order valence-electron chi connectivity index (χ0n) is 19.4. The van der Waals surface area contributed by atoms with Crippen molar-refractivity contribution in [3.05, 3.63) is 78.6 Å². The summed E-state index contributed by atoms with van der Waals surface area (Å²) >= 11 is 1.35. The lowest BCUT2D eigenvalue weighted by Crippen LogP contribution is -2.16. The number of anilines is 1. The Kier molecular flexibility index (Phi) is 7.59. The van der Waals surface area contributed by atoms with E-state index in [1.54, 1.807) is 19.5 Å². The molecular weight excluding hydrogens is 446 g/mol. The van der Waals surface area contributed by atoms with Crippen LogP contribution < -0.4 is 10.1 Å². The molecule has 0 aliphatic rings. The van der Waals surface area contributed by atoms with E-state index < -0.39 is 0 Å². The molecule has 1 unspecified atom stereocenters. The second kappa shape index (κ2) is 11.0. The lowest BCUT2D eigenvalue weighted by atomic mass is 9.97. The Labute approximate surface area is 203 Å². The minimum absolute atomic E-state index is 0.0875. The number of hydrogen-bond acceptors (Lipinski definition) is 6. The van der Waals surface area contributed by atoms with E-state index in [1.807, 2.05) is 59.2 Å². The van der Waals surface area contributed by atoms with Crippen molar-refractivity contribution >= 4 is 23.4 Å². The van der Waals surface area contributed by atoms with Crippen LogP contribution in [0, 0.1) is 0 Å². The van der Waals surface area contributed by atoms with E-state index in [2.05, 4.69) is 40.4 Å². The van der Waals surface area contributed by atoms with Gasteiger partial charge in [-0.2, -0.15) is 0 Å². The average Bonchev–Trinajstić information content (AvgIpc) is 3.32. The highest BCUT2D eigenvalue weighted by Crippen LogP contribution is 2.30. The summed E-state index contributed by atoms with van der Waals surface area (Å²) in [5, 5.41) is 12.5. The Morgan fingerprint density at radius 3 is 2.50 bits per heavy atom. The van der Waals surface area contributed by atoms with Gasteiger partial charge in [0, 0.05) is 29.3 Å². The Morgan fingerprint density at radius 1 is 1.06 bits per heavy atom. The molecule has 0 aliphatic carbocycles.